The molecule has 0 aromatic heterocycles. The molecule has 0 amide bonds. The van der Waals surface area contributed by atoms with Crippen LogP contribution in [-0.4, -0.2) is 130 Å². The van der Waals surface area contributed by atoms with Gasteiger partial charge in [0.05, 0.1) is 88.6 Å². The van der Waals surface area contributed by atoms with Gasteiger partial charge in [0.2, 0.25) is 0 Å². The Bertz CT molecular complexity index is 1050. The molecule has 0 unspecified atom stereocenters. The van der Waals surface area contributed by atoms with Crippen molar-refractivity contribution >= 4 is 5.69 Å². The van der Waals surface area contributed by atoms with Crippen LogP contribution in [0.25, 0.3) is 0 Å². The summed E-state index contributed by atoms with van der Waals surface area (Å²) in [6.45, 7) is 23.3. The molecule has 0 heterocycles. The molecular formula is C43H82N4O4. The quantitative estimate of drug-likeness (QED) is 0.278. The third-order valence-electron chi connectivity index (χ3n) is 8.69. The highest BCUT2D eigenvalue weighted by molar-refractivity contribution is 5.40. The Hall–Kier alpha value is -2.66. The Morgan fingerprint density at radius 3 is 0.843 bits per heavy atom. The number of hydrogen-bond donors (Lipinski definition) is 0. The lowest BCUT2D eigenvalue weighted by Gasteiger charge is -2.35. The monoisotopic (exact) mass is 719 g/mol. The number of benzene rings is 3. The summed E-state index contributed by atoms with van der Waals surface area (Å²) in [5, 5.41) is 33.0. The first-order chi connectivity index (χ1) is 24.1. The fourth-order valence-corrected chi connectivity index (χ4v) is 4.65. The van der Waals surface area contributed by atoms with Crippen molar-refractivity contribution < 1.29 is 33.9 Å². The molecule has 0 N–H and O–H groups in total. The van der Waals surface area contributed by atoms with Crippen LogP contribution in [0.15, 0.2) is 91.0 Å². The van der Waals surface area contributed by atoms with Gasteiger partial charge in [0, 0.05) is 11.1 Å². The summed E-state index contributed by atoms with van der Waals surface area (Å²) in [4.78, 5) is 0. The molecule has 0 aliphatic rings. The molecule has 0 bridgehead atoms. The lowest BCUT2D eigenvalue weighted by molar-refractivity contribution is -0.936. The Labute approximate surface area is 317 Å². The van der Waals surface area contributed by atoms with Crippen molar-refractivity contribution in [3.05, 3.63) is 102 Å². The third kappa shape index (κ3) is 31.8. The maximum absolute atomic E-state index is 8.25. The predicted molar refractivity (Wildman–Crippen MR) is 218 cm³/mol. The van der Waals surface area contributed by atoms with Crippen molar-refractivity contribution in [3.8, 4) is 0 Å². The van der Waals surface area contributed by atoms with Gasteiger partial charge in [0.1, 0.15) is 18.8 Å². The first kappa shape index (κ1) is 57.7. The van der Waals surface area contributed by atoms with E-state index in [0.717, 1.165) is 44.0 Å². The summed E-state index contributed by atoms with van der Waals surface area (Å²) in [6, 6.07) is 31.8. The van der Waals surface area contributed by atoms with Gasteiger partial charge in [-0.1, -0.05) is 78.9 Å². The molecular weight excluding hydrogens is 636 g/mol. The SMILES string of the molecule is CC[N+](C)(CC)CC.CC[N+](CC)(CC)Cc1ccccc1.C[N+](C)(C)Cc1ccccc1.C[N+](C)(C)c1ccccc1.C[O-].C[O-].C[O-].C[O-]. The van der Waals surface area contributed by atoms with Crippen molar-refractivity contribution in [2.45, 2.75) is 54.6 Å². The van der Waals surface area contributed by atoms with E-state index in [1.165, 1.54) is 71.6 Å². The molecule has 3 aromatic rings. The van der Waals surface area contributed by atoms with Crippen LogP contribution in [-0.2, 0) is 13.1 Å². The molecule has 0 saturated carbocycles. The molecule has 0 aliphatic carbocycles. The van der Waals surface area contributed by atoms with Crippen molar-refractivity contribution in [1.82, 2.24) is 4.48 Å². The molecule has 0 atom stereocenters. The van der Waals surface area contributed by atoms with Crippen LogP contribution in [0.4, 0.5) is 5.69 Å². The molecule has 0 fully saturated rings. The van der Waals surface area contributed by atoms with Gasteiger partial charge < -0.3 is 33.9 Å². The lowest BCUT2D eigenvalue weighted by atomic mass is 10.2. The van der Waals surface area contributed by atoms with Crippen LogP contribution in [0.3, 0.4) is 0 Å². The van der Waals surface area contributed by atoms with Crippen LogP contribution < -0.4 is 24.9 Å². The molecule has 8 heteroatoms. The van der Waals surface area contributed by atoms with E-state index in [1.54, 1.807) is 0 Å². The van der Waals surface area contributed by atoms with Gasteiger partial charge >= 0.3 is 0 Å². The second kappa shape index (κ2) is 35.7. The Morgan fingerprint density at radius 2 is 0.647 bits per heavy atom. The van der Waals surface area contributed by atoms with Crippen LogP contribution in [0, 0.1) is 0 Å². The Morgan fingerprint density at radius 1 is 0.373 bits per heavy atom. The second-order valence-corrected chi connectivity index (χ2v) is 13.8. The lowest BCUT2D eigenvalue weighted by Crippen LogP contribution is -2.46. The van der Waals surface area contributed by atoms with E-state index in [-0.39, 0.29) is 0 Å². The third-order valence-corrected chi connectivity index (χ3v) is 8.69. The van der Waals surface area contributed by atoms with Crippen LogP contribution in [0.1, 0.15) is 52.7 Å². The van der Waals surface area contributed by atoms with E-state index in [0.29, 0.717) is 0 Å². The fourth-order valence-electron chi connectivity index (χ4n) is 4.65. The number of para-hydroxylation sites is 1. The second-order valence-electron chi connectivity index (χ2n) is 13.8. The highest BCUT2D eigenvalue weighted by Gasteiger charge is 2.20. The van der Waals surface area contributed by atoms with E-state index >= 15 is 0 Å². The van der Waals surface area contributed by atoms with Crippen LogP contribution >= 0.6 is 0 Å². The molecule has 8 nitrogen and oxygen atoms in total. The molecule has 51 heavy (non-hydrogen) atoms. The minimum Gasteiger partial charge on any atom is -0.857 e. The van der Waals surface area contributed by atoms with Gasteiger partial charge in [0.25, 0.3) is 0 Å². The number of hydrogen-bond acceptors (Lipinski definition) is 4. The van der Waals surface area contributed by atoms with Crippen LogP contribution in [0.2, 0.25) is 0 Å². The van der Waals surface area contributed by atoms with E-state index in [9.17, 15) is 0 Å². The van der Waals surface area contributed by atoms with Gasteiger partial charge in [-0.15, -0.1) is 0 Å². The van der Waals surface area contributed by atoms with Crippen molar-refractivity contribution in [2.75, 3.05) is 117 Å². The summed E-state index contributed by atoms with van der Waals surface area (Å²) in [5.74, 6) is 0. The van der Waals surface area contributed by atoms with E-state index in [2.05, 4.69) is 176 Å². The predicted octanol–water partition coefficient (Wildman–Crippen LogP) is 4.24. The molecule has 298 valence electrons. The minimum absolute atomic E-state index is 0.750. The van der Waals surface area contributed by atoms with E-state index in [4.69, 9.17) is 20.4 Å². The summed E-state index contributed by atoms with van der Waals surface area (Å²) < 4.78 is 4.29. The standard InChI is InChI=1S/C13H22N.C10H16N.C9H14N.C7H18N.4CH3O/c1-4-14(5-2,6-3)12-13-10-8-7-9-11-13;1-11(2,3)9-10-7-5-4-6-8-10;1-10(2,3)9-7-5-4-6-8-9;1-5-8(4,6-2)7-3;4*1-2/h7-11H,4-6,12H2,1-3H3;4-8H,9H2,1-3H3;4-8H,1-3H3;5-7H2,1-4H3;4*1H3/q4*+1;4*-1. The summed E-state index contributed by atoms with van der Waals surface area (Å²) in [6.07, 6.45) is 0. The van der Waals surface area contributed by atoms with Crippen molar-refractivity contribution in [2.24, 2.45) is 0 Å². The first-order valence-corrected chi connectivity index (χ1v) is 18.2. The van der Waals surface area contributed by atoms with Crippen LogP contribution in [0.5, 0.6) is 0 Å². The topological polar surface area (TPSA) is 92.2 Å². The van der Waals surface area contributed by atoms with Gasteiger partial charge in [-0.2, -0.15) is 28.4 Å². The Balaban J connectivity index is -0.000000175. The summed E-state index contributed by atoms with van der Waals surface area (Å²) in [7, 11) is 18.4. The Kier molecular flexibility index (Phi) is 40.4. The number of rotatable bonds is 11. The maximum Gasteiger partial charge on any atom is 0.132 e. The average molecular weight is 719 g/mol. The van der Waals surface area contributed by atoms with E-state index < -0.39 is 0 Å². The minimum atomic E-state index is 0.750. The highest BCUT2D eigenvalue weighted by Crippen LogP contribution is 2.15. The van der Waals surface area contributed by atoms with Crippen molar-refractivity contribution in [1.29, 1.82) is 0 Å². The zero-order valence-electron chi connectivity index (χ0n) is 36.2. The number of nitrogens with zero attached hydrogens (tertiary/aromatic N) is 4. The van der Waals surface area contributed by atoms with Gasteiger partial charge in [-0.05, 0) is 53.7 Å². The summed E-state index contributed by atoms with van der Waals surface area (Å²) in [5.41, 5.74) is 4.19. The maximum atomic E-state index is 8.25. The average Bonchev–Trinajstić information content (AvgIpc) is 3.18. The largest absolute Gasteiger partial charge is 0.857 e. The van der Waals surface area contributed by atoms with Crippen molar-refractivity contribution in [3.63, 3.8) is 0 Å². The number of quaternary nitrogens is 4. The molecule has 0 aliphatic heterocycles. The van der Waals surface area contributed by atoms with Gasteiger partial charge in [-0.25, -0.2) is 0 Å². The van der Waals surface area contributed by atoms with Gasteiger partial charge in [0.15, 0.2) is 0 Å². The summed E-state index contributed by atoms with van der Waals surface area (Å²) >= 11 is 0. The fraction of sp³-hybridized carbons (Fsp3) is 0.581. The highest BCUT2D eigenvalue weighted by atomic mass is 16.2. The zero-order chi connectivity index (χ0) is 41.0. The normalized spacial score (nSPS) is 10.3. The smallest absolute Gasteiger partial charge is 0.132 e. The molecule has 0 radical (unpaired) electrons. The molecule has 0 spiro atoms. The molecule has 3 aromatic carbocycles. The molecule has 3 rings (SSSR count). The van der Waals surface area contributed by atoms with Gasteiger partial charge in [-0.3, -0.25) is 4.48 Å². The van der Waals surface area contributed by atoms with E-state index in [1.807, 2.05) is 6.07 Å². The first-order valence-electron chi connectivity index (χ1n) is 18.2. The molecule has 0 saturated heterocycles. The zero-order valence-corrected chi connectivity index (χ0v) is 36.2.